The SMILES string of the molecule is CC1=CC(C(C)(C)CC(=O)c2ccc(-[s+]3cc(C)c4ccccc43)cc2)CCC1. The highest BCUT2D eigenvalue weighted by Gasteiger charge is 2.32. The summed E-state index contributed by atoms with van der Waals surface area (Å²) < 4.78 is 1.39. The largest absolute Gasteiger partial charge is 0.294 e. The Bertz CT molecular complexity index is 1070. The maximum atomic E-state index is 13.0. The molecule has 1 aliphatic rings. The van der Waals surface area contributed by atoms with E-state index in [1.807, 2.05) is 12.1 Å². The minimum absolute atomic E-state index is 0.00340. The van der Waals surface area contributed by atoms with Gasteiger partial charge in [-0.05, 0) is 80.8 Å². The maximum Gasteiger partial charge on any atom is 0.186 e. The Morgan fingerprint density at radius 1 is 1.07 bits per heavy atom. The first-order chi connectivity index (χ1) is 13.8. The van der Waals surface area contributed by atoms with Crippen molar-refractivity contribution in [2.24, 2.45) is 11.3 Å². The van der Waals surface area contributed by atoms with Gasteiger partial charge in [-0.25, -0.2) is 0 Å². The van der Waals surface area contributed by atoms with Crippen LogP contribution in [-0.2, 0) is 0 Å². The van der Waals surface area contributed by atoms with E-state index in [4.69, 9.17) is 0 Å². The molecule has 29 heavy (non-hydrogen) atoms. The summed E-state index contributed by atoms with van der Waals surface area (Å²) in [6.45, 7) is 8.92. The van der Waals surface area contributed by atoms with Crippen LogP contribution in [0.25, 0.3) is 15.0 Å². The average Bonchev–Trinajstić information content (AvgIpc) is 3.05. The van der Waals surface area contributed by atoms with Crippen molar-refractivity contribution < 1.29 is 4.79 Å². The fourth-order valence-corrected chi connectivity index (χ4v) is 6.76. The molecule has 2 unspecified atom stereocenters. The van der Waals surface area contributed by atoms with Crippen LogP contribution >= 0.6 is 10.5 Å². The van der Waals surface area contributed by atoms with Crippen molar-refractivity contribution in [3.8, 4) is 4.90 Å². The second-order valence-electron chi connectivity index (χ2n) is 9.26. The van der Waals surface area contributed by atoms with Crippen molar-refractivity contribution in [2.75, 3.05) is 0 Å². The Morgan fingerprint density at radius 2 is 1.79 bits per heavy atom. The topological polar surface area (TPSA) is 17.1 Å². The van der Waals surface area contributed by atoms with Gasteiger partial charge in [0.2, 0.25) is 0 Å². The molecule has 0 spiro atoms. The van der Waals surface area contributed by atoms with Gasteiger partial charge in [0.1, 0.15) is 5.38 Å². The van der Waals surface area contributed by atoms with Crippen LogP contribution in [-0.4, -0.2) is 5.78 Å². The van der Waals surface area contributed by atoms with Crippen LogP contribution in [0.5, 0.6) is 0 Å². The molecule has 1 aliphatic carbocycles. The van der Waals surface area contributed by atoms with Crippen molar-refractivity contribution in [1.82, 2.24) is 0 Å². The van der Waals surface area contributed by atoms with E-state index >= 15 is 0 Å². The van der Waals surface area contributed by atoms with Gasteiger partial charge in [0.15, 0.2) is 15.4 Å². The predicted octanol–water partition coefficient (Wildman–Crippen LogP) is 8.23. The summed E-state index contributed by atoms with van der Waals surface area (Å²) >= 11 is 0. The molecule has 2 aromatic carbocycles. The Balaban J connectivity index is 1.54. The van der Waals surface area contributed by atoms with Gasteiger partial charge in [0, 0.05) is 33.4 Å². The van der Waals surface area contributed by atoms with Crippen molar-refractivity contribution in [3.05, 3.63) is 76.7 Å². The molecule has 0 radical (unpaired) electrons. The lowest BCUT2D eigenvalue weighted by molar-refractivity contribution is 0.0893. The molecule has 1 nitrogen and oxygen atoms in total. The number of hydrogen-bond acceptors (Lipinski definition) is 1. The van der Waals surface area contributed by atoms with Crippen molar-refractivity contribution >= 4 is 26.3 Å². The van der Waals surface area contributed by atoms with Crippen LogP contribution in [0.3, 0.4) is 0 Å². The molecule has 0 N–H and O–H groups in total. The zero-order chi connectivity index (χ0) is 20.6. The van der Waals surface area contributed by atoms with Crippen LogP contribution in [0.15, 0.2) is 65.6 Å². The summed E-state index contributed by atoms with van der Waals surface area (Å²) in [5, 5.41) is 3.72. The summed E-state index contributed by atoms with van der Waals surface area (Å²) in [4.78, 5) is 14.3. The van der Waals surface area contributed by atoms with Crippen molar-refractivity contribution in [3.63, 3.8) is 0 Å². The number of thiophene rings is 1. The number of carbonyl (C=O) groups excluding carboxylic acids is 1. The monoisotopic (exact) mass is 403 g/mol. The lowest BCUT2D eigenvalue weighted by atomic mass is 9.70. The average molecular weight is 404 g/mol. The third-order valence-electron chi connectivity index (χ3n) is 6.47. The summed E-state index contributed by atoms with van der Waals surface area (Å²) in [5.74, 6) is 0.768. The smallest absolute Gasteiger partial charge is 0.186 e. The molecule has 0 aliphatic heterocycles. The number of allylic oxidation sites excluding steroid dienone is 2. The molecule has 0 fully saturated rings. The zero-order valence-electron chi connectivity index (χ0n) is 18.0. The maximum absolute atomic E-state index is 13.0. The predicted molar refractivity (Wildman–Crippen MR) is 126 cm³/mol. The van der Waals surface area contributed by atoms with Gasteiger partial charge in [0.05, 0.1) is 0 Å². The molecule has 0 bridgehead atoms. The number of rotatable bonds is 5. The van der Waals surface area contributed by atoms with Gasteiger partial charge in [-0.15, -0.1) is 0 Å². The first kappa shape index (κ1) is 20.1. The van der Waals surface area contributed by atoms with Gasteiger partial charge in [0.25, 0.3) is 0 Å². The molecule has 3 aromatic rings. The van der Waals surface area contributed by atoms with Crippen LogP contribution in [0.1, 0.15) is 62.4 Å². The summed E-state index contributed by atoms with van der Waals surface area (Å²) in [7, 11) is -0.0252. The van der Waals surface area contributed by atoms with E-state index in [0.717, 1.165) is 5.56 Å². The second-order valence-corrected chi connectivity index (χ2v) is 11.1. The molecule has 2 heteroatoms. The molecular formula is C27H31OS+. The first-order valence-corrected chi connectivity index (χ1v) is 12.0. The van der Waals surface area contributed by atoms with E-state index in [-0.39, 0.29) is 21.7 Å². The number of benzene rings is 2. The molecular weight excluding hydrogens is 372 g/mol. The Labute approximate surface area is 177 Å². The third kappa shape index (κ3) is 4.09. The van der Waals surface area contributed by atoms with Gasteiger partial charge < -0.3 is 0 Å². The minimum Gasteiger partial charge on any atom is -0.294 e. The molecule has 0 saturated carbocycles. The first-order valence-electron chi connectivity index (χ1n) is 10.7. The molecule has 0 amide bonds. The number of aryl methyl sites for hydroxylation is 1. The second kappa shape index (κ2) is 7.91. The number of ketones is 1. The van der Waals surface area contributed by atoms with Gasteiger partial charge in [-0.1, -0.05) is 37.6 Å². The number of carbonyl (C=O) groups is 1. The quantitative estimate of drug-likeness (QED) is 0.238. The molecule has 4 rings (SSSR count). The fraction of sp³-hybridized carbons (Fsp3) is 0.370. The van der Waals surface area contributed by atoms with Gasteiger partial charge >= 0.3 is 0 Å². The molecule has 1 heterocycles. The molecule has 2 atom stereocenters. The van der Waals surface area contributed by atoms with Crippen LogP contribution in [0.4, 0.5) is 0 Å². The number of hydrogen-bond donors (Lipinski definition) is 0. The van der Waals surface area contributed by atoms with Crippen LogP contribution in [0.2, 0.25) is 0 Å². The standard InChI is InChI=1S/C27H31OS/c1-19-8-7-9-22(16-19)27(3,4)17-25(28)21-12-14-23(15-13-21)29-18-20(2)24-10-5-6-11-26(24)29/h5-6,10-16,18,22H,7-9,17H2,1-4H3/q+1. The van der Waals surface area contributed by atoms with Crippen LogP contribution in [0, 0.1) is 18.3 Å². The minimum atomic E-state index is -0.0252. The van der Waals surface area contributed by atoms with E-state index in [1.54, 1.807) is 0 Å². The van der Waals surface area contributed by atoms with E-state index in [1.165, 1.54) is 45.4 Å². The van der Waals surface area contributed by atoms with Gasteiger partial charge in [-0.2, -0.15) is 0 Å². The number of fused-ring (bicyclic) bond motifs is 1. The van der Waals surface area contributed by atoms with Crippen molar-refractivity contribution in [2.45, 2.75) is 53.4 Å². The van der Waals surface area contributed by atoms with E-state index < -0.39 is 0 Å². The molecule has 0 saturated heterocycles. The molecule has 150 valence electrons. The Kier molecular flexibility index (Phi) is 5.48. The van der Waals surface area contributed by atoms with E-state index in [2.05, 4.69) is 75.5 Å². The highest BCUT2D eigenvalue weighted by molar-refractivity contribution is 7.43. The Morgan fingerprint density at radius 3 is 2.52 bits per heavy atom. The normalized spacial score (nSPS) is 18.0. The van der Waals surface area contributed by atoms with Gasteiger partial charge in [-0.3, -0.25) is 4.79 Å². The zero-order valence-corrected chi connectivity index (χ0v) is 18.8. The molecule has 1 aromatic heterocycles. The van der Waals surface area contributed by atoms with E-state index in [9.17, 15) is 4.79 Å². The number of Topliss-reactive ketones (excluding diaryl/α,β-unsaturated/α-hetero) is 1. The lowest BCUT2D eigenvalue weighted by Crippen LogP contribution is -2.27. The fourth-order valence-electron chi connectivity index (χ4n) is 4.64. The highest BCUT2D eigenvalue weighted by atomic mass is 32.2. The van der Waals surface area contributed by atoms with Crippen molar-refractivity contribution in [1.29, 1.82) is 0 Å². The van der Waals surface area contributed by atoms with Crippen LogP contribution < -0.4 is 0 Å². The summed E-state index contributed by atoms with van der Waals surface area (Å²) in [5.41, 5.74) is 3.67. The highest BCUT2D eigenvalue weighted by Crippen LogP contribution is 2.43. The third-order valence-corrected chi connectivity index (χ3v) is 8.66. The van der Waals surface area contributed by atoms with E-state index in [0.29, 0.717) is 12.3 Å². The summed E-state index contributed by atoms with van der Waals surface area (Å²) in [6.07, 6.45) is 6.67. The lowest BCUT2D eigenvalue weighted by Gasteiger charge is -2.34. The Hall–Kier alpha value is -2.19. The summed E-state index contributed by atoms with van der Waals surface area (Å²) in [6, 6.07) is 17.0.